The first kappa shape index (κ1) is 12.2. The highest BCUT2D eigenvalue weighted by atomic mass is 16.5. The molecule has 1 atom stereocenters. The topological polar surface area (TPSA) is 38.7 Å². The van der Waals surface area contributed by atoms with Gasteiger partial charge in [0.1, 0.15) is 0 Å². The Morgan fingerprint density at radius 3 is 2.47 bits per heavy atom. The van der Waals surface area contributed by atoms with Crippen molar-refractivity contribution in [3.8, 4) is 0 Å². The van der Waals surface area contributed by atoms with E-state index in [1.807, 2.05) is 30.3 Å². The summed E-state index contributed by atoms with van der Waals surface area (Å²) in [5, 5.41) is 8.92. The van der Waals surface area contributed by atoms with Crippen LogP contribution in [0.2, 0.25) is 0 Å². The summed E-state index contributed by atoms with van der Waals surface area (Å²) < 4.78 is 10.6. The summed E-state index contributed by atoms with van der Waals surface area (Å²) in [6.07, 6.45) is -0.404. The molecule has 0 fully saturated rings. The first-order chi connectivity index (χ1) is 7.29. The van der Waals surface area contributed by atoms with Gasteiger partial charge in [-0.2, -0.15) is 0 Å². The highest BCUT2D eigenvalue weighted by Gasteiger charge is 1.95. The van der Waals surface area contributed by atoms with Crippen molar-refractivity contribution < 1.29 is 14.6 Å². The molecule has 0 aliphatic carbocycles. The number of ether oxygens (including phenoxy) is 2. The van der Waals surface area contributed by atoms with Gasteiger partial charge in [0.25, 0.3) is 0 Å². The van der Waals surface area contributed by atoms with Gasteiger partial charge in [0, 0.05) is 0 Å². The van der Waals surface area contributed by atoms with Gasteiger partial charge in [-0.05, 0) is 12.5 Å². The van der Waals surface area contributed by atoms with Crippen molar-refractivity contribution in [2.24, 2.45) is 0 Å². The fraction of sp³-hybridized carbons (Fsp3) is 0.500. The van der Waals surface area contributed by atoms with Gasteiger partial charge in [-0.25, -0.2) is 0 Å². The zero-order valence-corrected chi connectivity index (χ0v) is 9.06. The van der Waals surface area contributed by atoms with E-state index in [4.69, 9.17) is 14.6 Å². The number of benzene rings is 1. The number of rotatable bonds is 7. The van der Waals surface area contributed by atoms with Crippen molar-refractivity contribution in [2.45, 2.75) is 19.6 Å². The van der Waals surface area contributed by atoms with Gasteiger partial charge in [-0.15, -0.1) is 0 Å². The smallest absolute Gasteiger partial charge is 0.0745 e. The van der Waals surface area contributed by atoms with Gasteiger partial charge < -0.3 is 14.6 Å². The Hall–Kier alpha value is -0.900. The zero-order chi connectivity index (χ0) is 10.9. The first-order valence-electron chi connectivity index (χ1n) is 5.16. The summed E-state index contributed by atoms with van der Waals surface area (Å²) in [7, 11) is 0. The highest BCUT2D eigenvalue weighted by molar-refractivity contribution is 5.13. The molecule has 0 saturated carbocycles. The van der Waals surface area contributed by atoms with Gasteiger partial charge in [-0.3, -0.25) is 0 Å². The third-order valence-corrected chi connectivity index (χ3v) is 1.84. The molecule has 1 N–H and O–H groups in total. The van der Waals surface area contributed by atoms with Crippen LogP contribution >= 0.6 is 0 Å². The van der Waals surface area contributed by atoms with E-state index in [9.17, 15) is 0 Å². The van der Waals surface area contributed by atoms with Crippen molar-refractivity contribution in [1.82, 2.24) is 0 Å². The Morgan fingerprint density at radius 1 is 1.13 bits per heavy atom. The molecule has 0 radical (unpaired) electrons. The van der Waals surface area contributed by atoms with Crippen LogP contribution in [-0.4, -0.2) is 31.0 Å². The van der Waals surface area contributed by atoms with Crippen LogP contribution in [0, 0.1) is 0 Å². The Balaban J connectivity index is 1.98. The van der Waals surface area contributed by atoms with Crippen molar-refractivity contribution in [3.63, 3.8) is 0 Å². The van der Waals surface area contributed by atoms with Gasteiger partial charge in [0.15, 0.2) is 0 Å². The second-order valence-electron chi connectivity index (χ2n) is 3.46. The second kappa shape index (κ2) is 7.40. The lowest BCUT2D eigenvalue weighted by atomic mass is 10.2. The standard InChI is InChI=1S/C12H18O3/c1-11(13)9-14-7-8-15-10-12-5-3-2-4-6-12/h2-6,11,13H,7-10H2,1H3. The molecule has 0 heterocycles. The van der Waals surface area contributed by atoms with E-state index in [2.05, 4.69) is 0 Å². The van der Waals surface area contributed by atoms with E-state index in [1.165, 1.54) is 0 Å². The molecule has 0 aliphatic rings. The predicted octanol–water partition coefficient (Wildman–Crippen LogP) is 1.60. The molecule has 1 unspecified atom stereocenters. The minimum atomic E-state index is -0.404. The lowest BCUT2D eigenvalue weighted by molar-refractivity contribution is 0.00562. The zero-order valence-electron chi connectivity index (χ0n) is 9.06. The molecular formula is C12H18O3. The van der Waals surface area contributed by atoms with Crippen molar-refractivity contribution >= 4 is 0 Å². The molecule has 0 spiro atoms. The second-order valence-corrected chi connectivity index (χ2v) is 3.46. The van der Waals surface area contributed by atoms with Gasteiger partial charge in [0.05, 0.1) is 32.5 Å². The monoisotopic (exact) mass is 210 g/mol. The fourth-order valence-electron chi connectivity index (χ4n) is 1.14. The third-order valence-electron chi connectivity index (χ3n) is 1.84. The molecule has 0 bridgehead atoms. The maximum absolute atomic E-state index is 8.92. The molecule has 15 heavy (non-hydrogen) atoms. The van der Waals surface area contributed by atoms with Crippen molar-refractivity contribution in [1.29, 1.82) is 0 Å². The quantitative estimate of drug-likeness (QED) is 0.695. The van der Waals surface area contributed by atoms with Crippen LogP contribution in [-0.2, 0) is 16.1 Å². The molecule has 3 nitrogen and oxygen atoms in total. The van der Waals surface area contributed by atoms with Crippen LogP contribution in [0.25, 0.3) is 0 Å². The molecule has 0 saturated heterocycles. The maximum atomic E-state index is 8.92. The van der Waals surface area contributed by atoms with Gasteiger partial charge in [0.2, 0.25) is 0 Å². The average Bonchev–Trinajstić information content (AvgIpc) is 2.24. The minimum absolute atomic E-state index is 0.370. The van der Waals surface area contributed by atoms with Crippen LogP contribution in [0.15, 0.2) is 30.3 Å². The molecule has 3 heteroatoms. The molecule has 1 aromatic carbocycles. The molecule has 84 valence electrons. The Bertz CT molecular complexity index is 246. The molecule has 1 rings (SSSR count). The lowest BCUT2D eigenvalue weighted by Gasteiger charge is -2.07. The maximum Gasteiger partial charge on any atom is 0.0745 e. The summed E-state index contributed by atoms with van der Waals surface area (Å²) in [6.45, 7) is 3.76. The van der Waals surface area contributed by atoms with Crippen LogP contribution < -0.4 is 0 Å². The fourth-order valence-corrected chi connectivity index (χ4v) is 1.14. The summed E-state index contributed by atoms with van der Waals surface area (Å²) in [6, 6.07) is 10.0. The number of hydrogen-bond acceptors (Lipinski definition) is 3. The molecular weight excluding hydrogens is 192 g/mol. The van der Waals surface area contributed by atoms with Crippen LogP contribution in [0.3, 0.4) is 0 Å². The highest BCUT2D eigenvalue weighted by Crippen LogP contribution is 1.99. The third kappa shape index (κ3) is 6.23. The van der Waals surface area contributed by atoms with Crippen LogP contribution in [0.1, 0.15) is 12.5 Å². The Labute approximate surface area is 90.6 Å². The van der Waals surface area contributed by atoms with Crippen molar-refractivity contribution in [2.75, 3.05) is 19.8 Å². The van der Waals surface area contributed by atoms with Gasteiger partial charge >= 0.3 is 0 Å². The molecule has 0 aliphatic heterocycles. The molecule has 0 amide bonds. The lowest BCUT2D eigenvalue weighted by Crippen LogP contribution is -2.13. The molecule has 0 aromatic heterocycles. The summed E-state index contributed by atoms with van der Waals surface area (Å²) in [5.74, 6) is 0. The number of hydrogen-bond donors (Lipinski definition) is 1. The number of aliphatic hydroxyl groups excluding tert-OH is 1. The Morgan fingerprint density at radius 2 is 1.80 bits per heavy atom. The summed E-state index contributed by atoms with van der Waals surface area (Å²) in [5.41, 5.74) is 1.16. The number of aliphatic hydroxyl groups is 1. The van der Waals surface area contributed by atoms with E-state index in [-0.39, 0.29) is 0 Å². The Kier molecular flexibility index (Phi) is 6.00. The van der Waals surface area contributed by atoms with Crippen molar-refractivity contribution in [3.05, 3.63) is 35.9 Å². The van der Waals surface area contributed by atoms with E-state index in [0.29, 0.717) is 26.4 Å². The predicted molar refractivity (Wildman–Crippen MR) is 58.6 cm³/mol. The van der Waals surface area contributed by atoms with Crippen LogP contribution in [0.5, 0.6) is 0 Å². The van der Waals surface area contributed by atoms with Crippen LogP contribution in [0.4, 0.5) is 0 Å². The normalized spacial score (nSPS) is 12.7. The summed E-state index contributed by atoms with van der Waals surface area (Å²) >= 11 is 0. The molecule has 1 aromatic rings. The van der Waals surface area contributed by atoms with E-state index in [0.717, 1.165) is 5.56 Å². The van der Waals surface area contributed by atoms with Gasteiger partial charge in [-0.1, -0.05) is 30.3 Å². The SMILES string of the molecule is CC(O)COCCOCc1ccccc1. The summed E-state index contributed by atoms with van der Waals surface area (Å²) in [4.78, 5) is 0. The largest absolute Gasteiger partial charge is 0.391 e. The van der Waals surface area contributed by atoms with E-state index in [1.54, 1.807) is 6.92 Å². The average molecular weight is 210 g/mol. The van der Waals surface area contributed by atoms with E-state index >= 15 is 0 Å². The minimum Gasteiger partial charge on any atom is -0.391 e. The first-order valence-corrected chi connectivity index (χ1v) is 5.16. The van der Waals surface area contributed by atoms with E-state index < -0.39 is 6.10 Å².